The molecule has 0 bridgehead atoms. The van der Waals surface area contributed by atoms with E-state index in [1.54, 1.807) is 12.1 Å². The molecule has 140 valence electrons. The molecule has 1 aromatic carbocycles. The highest BCUT2D eigenvalue weighted by atomic mass is 35.5. The zero-order valence-corrected chi connectivity index (χ0v) is 16.7. The van der Waals surface area contributed by atoms with E-state index in [9.17, 15) is 9.59 Å². The number of ketones is 1. The van der Waals surface area contributed by atoms with Crippen LogP contribution in [0.4, 0.5) is 5.69 Å². The molecule has 0 heterocycles. The molecule has 0 aliphatic heterocycles. The molecule has 2 rings (SSSR count). The smallest absolute Gasteiger partial charge is 0.310 e. The largest absolute Gasteiger partial charge is 0.457 e. The molecule has 1 aliphatic rings. The number of anilines is 1. The molecule has 0 saturated heterocycles. The van der Waals surface area contributed by atoms with Gasteiger partial charge in [0.2, 0.25) is 0 Å². The quantitative estimate of drug-likeness (QED) is 0.660. The van der Waals surface area contributed by atoms with Crippen molar-refractivity contribution in [3.8, 4) is 0 Å². The fourth-order valence-corrected chi connectivity index (χ4v) is 2.61. The Labute approximate surface area is 164 Å². The highest BCUT2D eigenvalue weighted by Gasteiger charge is 2.14. The van der Waals surface area contributed by atoms with Gasteiger partial charge in [0.1, 0.15) is 6.61 Å². The van der Waals surface area contributed by atoms with Crippen LogP contribution >= 0.6 is 23.2 Å². The first-order valence-electron chi connectivity index (χ1n) is 8.39. The second kappa shape index (κ2) is 11.6. The second-order valence-corrected chi connectivity index (χ2v) is 6.05. The van der Waals surface area contributed by atoms with Crippen LogP contribution in [-0.2, 0) is 20.7 Å². The Morgan fingerprint density at radius 1 is 1.19 bits per heavy atom. The Kier molecular flexibility index (Phi) is 9.78. The third kappa shape index (κ3) is 7.06. The number of hydrogen-bond donors (Lipinski definition) is 1. The van der Waals surface area contributed by atoms with Crippen LogP contribution in [0.15, 0.2) is 58.3 Å². The van der Waals surface area contributed by atoms with Crippen LogP contribution in [0.1, 0.15) is 32.8 Å². The van der Waals surface area contributed by atoms with Gasteiger partial charge >= 0.3 is 5.97 Å². The van der Waals surface area contributed by atoms with Gasteiger partial charge in [0.25, 0.3) is 0 Å². The zero-order chi connectivity index (χ0) is 19.5. The highest BCUT2D eigenvalue weighted by Crippen LogP contribution is 2.29. The second-order valence-electron chi connectivity index (χ2n) is 5.23. The summed E-state index contributed by atoms with van der Waals surface area (Å²) in [7, 11) is 0. The lowest BCUT2D eigenvalue weighted by Crippen LogP contribution is -2.14. The van der Waals surface area contributed by atoms with Crippen LogP contribution in [0.5, 0.6) is 0 Å². The molecule has 0 aromatic heterocycles. The van der Waals surface area contributed by atoms with Gasteiger partial charge in [0.15, 0.2) is 5.78 Å². The summed E-state index contributed by atoms with van der Waals surface area (Å²) in [5.74, 6) is -0.671. The highest BCUT2D eigenvalue weighted by molar-refractivity contribution is 6.37. The van der Waals surface area contributed by atoms with Crippen LogP contribution in [0.25, 0.3) is 0 Å². The number of esters is 1. The number of carbonyl (C=O) groups excluding carboxylic acids is 2. The number of carbonyl (C=O) groups is 2. The normalized spacial score (nSPS) is 13.2. The summed E-state index contributed by atoms with van der Waals surface area (Å²) in [5.41, 5.74) is 2.00. The fraction of sp³-hybridized carbons (Fsp3) is 0.300. The molecule has 0 spiro atoms. The molecule has 4 nitrogen and oxygen atoms in total. The van der Waals surface area contributed by atoms with Gasteiger partial charge in [0.05, 0.1) is 22.2 Å². The number of nitrogens with one attached hydrogen (secondary N) is 1. The van der Waals surface area contributed by atoms with E-state index in [0.29, 0.717) is 27.9 Å². The summed E-state index contributed by atoms with van der Waals surface area (Å²) in [5, 5.41) is 4.18. The van der Waals surface area contributed by atoms with Crippen molar-refractivity contribution < 1.29 is 14.3 Å². The van der Waals surface area contributed by atoms with E-state index < -0.39 is 5.97 Å². The Hall–Kier alpha value is -2.04. The number of halogens is 2. The fourth-order valence-electron chi connectivity index (χ4n) is 2.08. The van der Waals surface area contributed by atoms with E-state index in [-0.39, 0.29) is 18.8 Å². The third-order valence-corrected chi connectivity index (χ3v) is 3.88. The van der Waals surface area contributed by atoms with Crippen molar-refractivity contribution in [1.29, 1.82) is 0 Å². The molecule has 0 atom stereocenters. The first-order valence-corrected chi connectivity index (χ1v) is 9.15. The minimum atomic E-state index is -0.470. The summed E-state index contributed by atoms with van der Waals surface area (Å²) < 4.78 is 4.91. The van der Waals surface area contributed by atoms with Crippen LogP contribution < -0.4 is 5.32 Å². The predicted octanol–water partition coefficient (Wildman–Crippen LogP) is 5.33. The molecular weight excluding hydrogens is 373 g/mol. The van der Waals surface area contributed by atoms with Crippen LogP contribution in [0.2, 0.25) is 0 Å². The van der Waals surface area contributed by atoms with Gasteiger partial charge in [-0.25, -0.2) is 0 Å². The number of allylic oxidation sites excluding steroid dienone is 5. The number of benzene rings is 1. The predicted molar refractivity (Wildman–Crippen MR) is 107 cm³/mol. The van der Waals surface area contributed by atoms with E-state index >= 15 is 0 Å². The third-order valence-electron chi connectivity index (χ3n) is 3.22. The molecule has 0 unspecified atom stereocenters. The van der Waals surface area contributed by atoms with Gasteiger partial charge in [0, 0.05) is 5.69 Å². The molecule has 0 saturated carbocycles. The minimum absolute atomic E-state index is 0.0402. The van der Waals surface area contributed by atoms with Gasteiger partial charge in [-0.1, -0.05) is 67.4 Å². The van der Waals surface area contributed by atoms with Crippen molar-refractivity contribution in [2.45, 2.75) is 33.6 Å². The minimum Gasteiger partial charge on any atom is -0.457 e. The van der Waals surface area contributed by atoms with Crippen molar-refractivity contribution in [3.05, 3.63) is 63.8 Å². The van der Waals surface area contributed by atoms with Crippen molar-refractivity contribution in [2.24, 2.45) is 0 Å². The molecular formula is C20H23Cl2NO3. The summed E-state index contributed by atoms with van der Waals surface area (Å²) in [6, 6.07) is 7.28. The number of hydrogen-bond acceptors (Lipinski definition) is 4. The molecule has 6 heteroatoms. The molecule has 0 amide bonds. The molecule has 26 heavy (non-hydrogen) atoms. The van der Waals surface area contributed by atoms with Crippen molar-refractivity contribution >= 4 is 40.6 Å². The Balaban J connectivity index is 0.00000163. The summed E-state index contributed by atoms with van der Waals surface area (Å²) in [4.78, 5) is 22.8. The van der Waals surface area contributed by atoms with Gasteiger partial charge in [-0.2, -0.15) is 0 Å². The molecule has 0 radical (unpaired) electrons. The molecule has 1 N–H and O–H groups in total. The van der Waals surface area contributed by atoms with Gasteiger partial charge < -0.3 is 10.1 Å². The van der Waals surface area contributed by atoms with E-state index in [2.05, 4.69) is 5.32 Å². The van der Waals surface area contributed by atoms with Crippen molar-refractivity contribution in [1.82, 2.24) is 0 Å². The lowest BCUT2D eigenvalue weighted by molar-refractivity contribution is -0.146. The SMILES string of the molecule is CC.CC(=O)COC(=O)Cc1ccccc1NC1=C(Cl)C=CCC=C1Cl. The maximum atomic E-state index is 11.9. The lowest BCUT2D eigenvalue weighted by atomic mass is 10.1. The van der Waals surface area contributed by atoms with Crippen LogP contribution in [0.3, 0.4) is 0 Å². The lowest BCUT2D eigenvalue weighted by Gasteiger charge is -2.15. The Morgan fingerprint density at radius 2 is 1.88 bits per heavy atom. The number of ether oxygens (including phenoxy) is 1. The monoisotopic (exact) mass is 395 g/mol. The topological polar surface area (TPSA) is 55.4 Å². The van der Waals surface area contributed by atoms with E-state index in [1.165, 1.54) is 6.92 Å². The first kappa shape index (κ1) is 22.0. The number of para-hydroxylation sites is 1. The summed E-state index contributed by atoms with van der Waals surface area (Å²) in [6.45, 7) is 5.15. The van der Waals surface area contributed by atoms with Crippen LogP contribution in [0, 0.1) is 0 Å². The maximum Gasteiger partial charge on any atom is 0.310 e. The zero-order valence-electron chi connectivity index (χ0n) is 15.1. The van der Waals surface area contributed by atoms with Gasteiger partial charge in [-0.05, 0) is 31.1 Å². The van der Waals surface area contributed by atoms with Gasteiger partial charge in [-0.3, -0.25) is 9.59 Å². The number of Topliss-reactive ketones (excluding diaryl/α,β-unsaturated/α-hetero) is 1. The Bertz CT molecular complexity index is 736. The van der Waals surface area contributed by atoms with Crippen molar-refractivity contribution in [2.75, 3.05) is 11.9 Å². The van der Waals surface area contributed by atoms with Crippen molar-refractivity contribution in [3.63, 3.8) is 0 Å². The molecule has 1 aromatic rings. The Morgan fingerprint density at radius 3 is 2.58 bits per heavy atom. The molecule has 1 aliphatic carbocycles. The van der Waals surface area contributed by atoms with Crippen LogP contribution in [-0.4, -0.2) is 18.4 Å². The summed E-state index contributed by atoms with van der Waals surface area (Å²) >= 11 is 12.5. The molecule has 0 fully saturated rings. The first-order chi connectivity index (χ1) is 12.5. The average Bonchev–Trinajstić information content (AvgIpc) is 2.78. The standard InChI is InChI=1S/C18H17Cl2NO3.C2H6/c1-12(22)11-24-17(23)10-13-6-2-5-9-16(13)21-18-14(19)7-3-4-8-15(18)20;1-2/h2-3,5-9,21H,4,10-11H2,1H3;1-2H3. The van der Waals surface area contributed by atoms with E-state index in [0.717, 1.165) is 5.56 Å². The van der Waals surface area contributed by atoms with E-state index in [1.807, 2.05) is 44.2 Å². The van der Waals surface area contributed by atoms with Gasteiger partial charge in [-0.15, -0.1) is 0 Å². The number of rotatable bonds is 6. The maximum absolute atomic E-state index is 11.9. The summed E-state index contributed by atoms with van der Waals surface area (Å²) in [6.07, 6.45) is 6.27. The average molecular weight is 396 g/mol. The van der Waals surface area contributed by atoms with E-state index in [4.69, 9.17) is 27.9 Å².